The molecule has 0 saturated carbocycles. The maximum Gasteiger partial charge on any atom is 0.270 e. The van der Waals surface area contributed by atoms with Crippen molar-refractivity contribution in [2.45, 2.75) is 25.8 Å². The Morgan fingerprint density at radius 3 is 2.54 bits per heavy atom. The first-order valence-corrected chi connectivity index (χ1v) is 12.9. The lowest BCUT2D eigenvalue weighted by molar-refractivity contribution is -0.126. The first kappa shape index (κ1) is 23.3. The van der Waals surface area contributed by atoms with E-state index in [0.29, 0.717) is 43.7 Å². The van der Waals surface area contributed by atoms with Crippen LogP contribution < -0.4 is 5.32 Å². The van der Waals surface area contributed by atoms with E-state index in [1.54, 1.807) is 23.5 Å². The molecule has 7 heteroatoms. The van der Waals surface area contributed by atoms with Gasteiger partial charge in [-0.1, -0.05) is 42.5 Å². The summed E-state index contributed by atoms with van der Waals surface area (Å²) in [7, 11) is 0. The van der Waals surface area contributed by atoms with Crippen molar-refractivity contribution in [1.82, 2.24) is 14.8 Å². The Labute approximate surface area is 208 Å². The van der Waals surface area contributed by atoms with E-state index in [9.17, 15) is 14.0 Å². The number of halogens is 1. The molecule has 2 amide bonds. The molecule has 180 valence electrons. The number of nitrogens with zero attached hydrogens (tertiary/aromatic N) is 2. The summed E-state index contributed by atoms with van der Waals surface area (Å²) in [6.45, 7) is 1.98. The average molecular weight is 490 g/mol. The SMILES string of the molecule is O=C(NCCc1cccs1)C1CCN(C(=O)c2cc3ccccc3n2Cc2ccccc2F)CC1. The van der Waals surface area contributed by atoms with E-state index in [-0.39, 0.29) is 30.1 Å². The predicted molar refractivity (Wildman–Crippen MR) is 137 cm³/mol. The Bertz CT molecular complexity index is 1320. The van der Waals surface area contributed by atoms with Crippen molar-refractivity contribution >= 4 is 34.1 Å². The van der Waals surface area contributed by atoms with Gasteiger partial charge in [-0.25, -0.2) is 4.39 Å². The van der Waals surface area contributed by atoms with Gasteiger partial charge < -0.3 is 14.8 Å². The highest BCUT2D eigenvalue weighted by Crippen LogP contribution is 2.25. The zero-order valence-electron chi connectivity index (χ0n) is 19.5. The summed E-state index contributed by atoms with van der Waals surface area (Å²) in [5, 5.41) is 6.04. The number of hydrogen-bond acceptors (Lipinski definition) is 3. The van der Waals surface area contributed by atoms with E-state index in [4.69, 9.17) is 0 Å². The third kappa shape index (κ3) is 5.15. The molecule has 1 N–H and O–H groups in total. The van der Waals surface area contributed by atoms with Crippen LogP contribution in [0, 0.1) is 11.7 Å². The van der Waals surface area contributed by atoms with Crippen LogP contribution in [-0.2, 0) is 17.8 Å². The van der Waals surface area contributed by atoms with Gasteiger partial charge in [-0.15, -0.1) is 11.3 Å². The average Bonchev–Trinajstić information content (AvgIpc) is 3.53. The van der Waals surface area contributed by atoms with Crippen LogP contribution in [0.3, 0.4) is 0 Å². The van der Waals surface area contributed by atoms with Gasteiger partial charge in [0.15, 0.2) is 0 Å². The minimum absolute atomic E-state index is 0.0716. The molecule has 1 aliphatic rings. The molecule has 1 aliphatic heterocycles. The normalized spacial score (nSPS) is 14.4. The summed E-state index contributed by atoms with van der Waals surface area (Å²) in [6, 6.07) is 20.4. The highest BCUT2D eigenvalue weighted by Gasteiger charge is 2.29. The fraction of sp³-hybridized carbons (Fsp3) is 0.286. The van der Waals surface area contributed by atoms with E-state index < -0.39 is 0 Å². The molecule has 1 fully saturated rings. The minimum atomic E-state index is -0.283. The number of carbonyl (C=O) groups excluding carboxylic acids is 2. The largest absolute Gasteiger partial charge is 0.355 e. The highest BCUT2D eigenvalue weighted by molar-refractivity contribution is 7.09. The van der Waals surface area contributed by atoms with Crippen molar-refractivity contribution < 1.29 is 14.0 Å². The molecule has 2 aromatic carbocycles. The molecule has 1 saturated heterocycles. The summed E-state index contributed by atoms with van der Waals surface area (Å²) in [5.74, 6) is -0.363. The third-order valence-corrected chi connectivity index (χ3v) is 7.66. The lowest BCUT2D eigenvalue weighted by Gasteiger charge is -2.31. The summed E-state index contributed by atoms with van der Waals surface area (Å²) >= 11 is 1.70. The van der Waals surface area contributed by atoms with Crippen LogP contribution in [0.5, 0.6) is 0 Å². The predicted octanol–water partition coefficient (Wildman–Crippen LogP) is 5.10. The van der Waals surface area contributed by atoms with Gasteiger partial charge in [-0.2, -0.15) is 0 Å². The van der Waals surface area contributed by atoms with Crippen LogP contribution >= 0.6 is 11.3 Å². The van der Waals surface area contributed by atoms with E-state index >= 15 is 0 Å². The maximum absolute atomic E-state index is 14.4. The quantitative estimate of drug-likeness (QED) is 0.393. The summed E-state index contributed by atoms with van der Waals surface area (Å²) in [6.07, 6.45) is 2.13. The van der Waals surface area contributed by atoms with E-state index in [0.717, 1.165) is 17.3 Å². The number of nitrogens with one attached hydrogen (secondary N) is 1. The van der Waals surface area contributed by atoms with Crippen molar-refractivity contribution in [3.63, 3.8) is 0 Å². The zero-order valence-corrected chi connectivity index (χ0v) is 20.3. The first-order valence-electron chi connectivity index (χ1n) is 12.0. The van der Waals surface area contributed by atoms with Crippen LogP contribution in [0.1, 0.15) is 33.8 Å². The number of piperidine rings is 1. The van der Waals surface area contributed by atoms with E-state index in [1.165, 1.54) is 10.9 Å². The smallest absolute Gasteiger partial charge is 0.270 e. The Hall–Kier alpha value is -3.45. The van der Waals surface area contributed by atoms with Crippen molar-refractivity contribution in [3.05, 3.63) is 94.1 Å². The molecule has 5 nitrogen and oxygen atoms in total. The maximum atomic E-state index is 14.4. The highest BCUT2D eigenvalue weighted by atomic mass is 32.1. The Morgan fingerprint density at radius 2 is 1.77 bits per heavy atom. The number of aromatic nitrogens is 1. The monoisotopic (exact) mass is 489 g/mol. The molecule has 5 rings (SSSR count). The van der Waals surface area contributed by atoms with Crippen molar-refractivity contribution in [2.24, 2.45) is 5.92 Å². The number of para-hydroxylation sites is 1. The molecule has 0 bridgehead atoms. The van der Waals surface area contributed by atoms with Gasteiger partial charge in [-0.3, -0.25) is 9.59 Å². The van der Waals surface area contributed by atoms with Gasteiger partial charge in [-0.05, 0) is 48.9 Å². The van der Waals surface area contributed by atoms with Crippen molar-refractivity contribution in [3.8, 4) is 0 Å². The second-order valence-corrected chi connectivity index (χ2v) is 9.99. The van der Waals surface area contributed by atoms with Crippen molar-refractivity contribution in [1.29, 1.82) is 0 Å². The second-order valence-electron chi connectivity index (χ2n) is 8.95. The van der Waals surface area contributed by atoms with Gasteiger partial charge in [0.25, 0.3) is 5.91 Å². The Morgan fingerprint density at radius 1 is 1.00 bits per heavy atom. The molecule has 3 heterocycles. The molecular formula is C28H28FN3O2S. The molecule has 0 spiro atoms. The Balaban J connectivity index is 1.26. The van der Waals surface area contributed by atoms with Crippen LogP contribution in [0.15, 0.2) is 72.1 Å². The molecule has 2 aromatic heterocycles. The zero-order chi connectivity index (χ0) is 24.2. The number of likely N-dealkylation sites (tertiary alicyclic amines) is 1. The lowest BCUT2D eigenvalue weighted by atomic mass is 9.95. The first-order chi connectivity index (χ1) is 17.1. The fourth-order valence-corrected chi connectivity index (χ4v) is 5.48. The fourth-order valence-electron chi connectivity index (χ4n) is 4.77. The molecule has 4 aromatic rings. The van der Waals surface area contributed by atoms with E-state index in [1.807, 2.05) is 57.3 Å². The lowest BCUT2D eigenvalue weighted by Crippen LogP contribution is -2.43. The minimum Gasteiger partial charge on any atom is -0.355 e. The molecule has 0 radical (unpaired) electrons. The third-order valence-electron chi connectivity index (χ3n) is 6.72. The van der Waals surface area contributed by atoms with Crippen LogP contribution in [0.4, 0.5) is 4.39 Å². The van der Waals surface area contributed by atoms with Gasteiger partial charge in [0.05, 0.1) is 6.54 Å². The summed E-state index contributed by atoms with van der Waals surface area (Å²) < 4.78 is 16.3. The second kappa shape index (κ2) is 10.4. The van der Waals surface area contributed by atoms with Crippen LogP contribution in [0.25, 0.3) is 10.9 Å². The topological polar surface area (TPSA) is 54.3 Å². The summed E-state index contributed by atoms with van der Waals surface area (Å²) in [4.78, 5) is 29.3. The van der Waals surface area contributed by atoms with Crippen LogP contribution in [-0.4, -0.2) is 40.9 Å². The molecule has 0 atom stereocenters. The number of amides is 2. The standard InChI is InChI=1S/C28H28FN3O2S/c29-24-9-3-1-7-22(24)19-32-25-10-4-2-6-21(25)18-26(32)28(34)31-15-12-20(13-16-31)27(33)30-14-11-23-8-5-17-35-23/h1-10,17-18,20H,11-16,19H2,(H,30,33). The van der Waals surface area contributed by atoms with Crippen molar-refractivity contribution in [2.75, 3.05) is 19.6 Å². The number of fused-ring (bicyclic) bond motifs is 1. The molecule has 0 aliphatic carbocycles. The van der Waals surface area contributed by atoms with Gasteiger partial charge in [0, 0.05) is 46.9 Å². The summed E-state index contributed by atoms with van der Waals surface area (Å²) in [5.41, 5.74) is 1.99. The number of rotatable bonds is 7. The van der Waals surface area contributed by atoms with Gasteiger partial charge >= 0.3 is 0 Å². The molecule has 0 unspecified atom stereocenters. The van der Waals surface area contributed by atoms with E-state index in [2.05, 4.69) is 11.4 Å². The van der Waals surface area contributed by atoms with Crippen LogP contribution in [0.2, 0.25) is 0 Å². The number of thiophene rings is 1. The number of carbonyl (C=O) groups is 2. The number of hydrogen-bond donors (Lipinski definition) is 1. The molecule has 35 heavy (non-hydrogen) atoms. The van der Waals surface area contributed by atoms with Gasteiger partial charge in [0.2, 0.25) is 5.91 Å². The molecular weight excluding hydrogens is 461 g/mol. The number of benzene rings is 2. The Kier molecular flexibility index (Phi) is 6.95. The van der Waals surface area contributed by atoms with Gasteiger partial charge in [0.1, 0.15) is 11.5 Å².